The number of aromatic amines is 1. The van der Waals surface area contributed by atoms with Gasteiger partial charge in [0.25, 0.3) is 5.56 Å². The molecule has 34 heavy (non-hydrogen) atoms. The van der Waals surface area contributed by atoms with Crippen LogP contribution in [0.1, 0.15) is 23.8 Å². The molecule has 0 unspecified atom stereocenters. The van der Waals surface area contributed by atoms with E-state index in [1.807, 2.05) is 48.5 Å². The summed E-state index contributed by atoms with van der Waals surface area (Å²) in [5.41, 5.74) is -0.421. The predicted octanol–water partition coefficient (Wildman–Crippen LogP) is 1.89. The molecule has 1 aliphatic heterocycles. The molecule has 0 bridgehead atoms. The number of fused-ring (bicyclic) bond motifs is 2. The Morgan fingerprint density at radius 2 is 1.65 bits per heavy atom. The minimum atomic E-state index is -0.912. The molecule has 7 nitrogen and oxygen atoms in total. The largest absolute Gasteiger partial charge is 0.394 e. The number of ether oxygens (including phenoxy) is 1. The summed E-state index contributed by atoms with van der Waals surface area (Å²) in [6, 6.07) is 18.1. The Bertz CT molecular complexity index is 1590. The molecule has 0 radical (unpaired) electrons. The molecule has 1 aromatic heterocycles. The zero-order valence-corrected chi connectivity index (χ0v) is 18.0. The third-order valence-corrected chi connectivity index (χ3v) is 5.88. The van der Waals surface area contributed by atoms with Crippen LogP contribution in [-0.2, 0) is 4.74 Å². The smallest absolute Gasteiger partial charge is 0.330 e. The minimum Gasteiger partial charge on any atom is -0.394 e. The van der Waals surface area contributed by atoms with Gasteiger partial charge in [-0.05, 0) is 45.4 Å². The van der Waals surface area contributed by atoms with E-state index < -0.39 is 29.7 Å². The van der Waals surface area contributed by atoms with Gasteiger partial charge >= 0.3 is 5.69 Å². The average molecular weight is 452 g/mol. The van der Waals surface area contributed by atoms with Crippen LogP contribution in [0.3, 0.4) is 0 Å². The van der Waals surface area contributed by atoms with Crippen LogP contribution in [0.5, 0.6) is 0 Å². The van der Waals surface area contributed by atoms with Crippen LogP contribution in [0.2, 0.25) is 0 Å². The van der Waals surface area contributed by atoms with Crippen LogP contribution in [-0.4, -0.2) is 38.6 Å². The molecule has 168 valence electrons. The topological polar surface area (TPSA) is 105 Å². The molecule has 1 saturated heterocycles. The molecule has 1 fully saturated rings. The van der Waals surface area contributed by atoms with Gasteiger partial charge < -0.3 is 14.9 Å². The number of rotatable bonds is 2. The molecule has 1 aliphatic rings. The third kappa shape index (κ3) is 4.00. The number of H-pyrrole nitrogens is 1. The van der Waals surface area contributed by atoms with E-state index in [1.165, 1.54) is 6.20 Å². The van der Waals surface area contributed by atoms with Crippen molar-refractivity contribution in [3.8, 4) is 23.7 Å². The standard InChI is InChI=1S/C27H20N2O5/c30-16-24-23(31)14-25(34-24)29-15-19(26(32)28-27(29)33)9-3-6-12-22-20-10-4-1-7-17(20)13-18-8-2-5-11-21(18)22/h1-2,4-5,7-8,10-11,13,15,23-25,30-31H,14,16H2,(H,28,32,33)/t23-,24+,25+/m0/s1. The fourth-order valence-electron chi connectivity index (χ4n) is 4.18. The van der Waals surface area contributed by atoms with Gasteiger partial charge in [-0.25, -0.2) is 4.79 Å². The molecular formula is C27H20N2O5. The highest BCUT2D eigenvalue weighted by atomic mass is 16.5. The number of hydrogen-bond acceptors (Lipinski definition) is 5. The van der Waals surface area contributed by atoms with Crippen molar-refractivity contribution in [2.45, 2.75) is 24.9 Å². The molecule has 4 aromatic rings. The maximum atomic E-state index is 12.3. The lowest BCUT2D eigenvalue weighted by atomic mass is 9.97. The van der Waals surface area contributed by atoms with Crippen molar-refractivity contribution in [1.82, 2.24) is 9.55 Å². The number of nitrogens with zero attached hydrogens (tertiary/aromatic N) is 1. The van der Waals surface area contributed by atoms with Gasteiger partial charge in [-0.2, -0.15) is 0 Å². The van der Waals surface area contributed by atoms with Gasteiger partial charge in [0.2, 0.25) is 0 Å². The molecule has 0 amide bonds. The summed E-state index contributed by atoms with van der Waals surface area (Å²) in [6.07, 6.45) is -1.12. The van der Waals surface area contributed by atoms with Gasteiger partial charge in [0.15, 0.2) is 0 Å². The Labute approximate surface area is 194 Å². The second kappa shape index (κ2) is 9.01. The number of benzene rings is 3. The summed E-state index contributed by atoms with van der Waals surface area (Å²) in [6.45, 7) is -0.374. The summed E-state index contributed by atoms with van der Waals surface area (Å²) in [7, 11) is 0. The molecule has 0 aliphatic carbocycles. The first-order valence-electron chi connectivity index (χ1n) is 10.8. The highest BCUT2D eigenvalue weighted by Crippen LogP contribution is 2.28. The van der Waals surface area contributed by atoms with E-state index in [2.05, 4.69) is 34.7 Å². The number of aliphatic hydroxyl groups excluding tert-OH is 2. The molecule has 0 spiro atoms. The number of hydrogen-bond donors (Lipinski definition) is 3. The van der Waals surface area contributed by atoms with Gasteiger partial charge in [-0.3, -0.25) is 14.3 Å². The summed E-state index contributed by atoms with van der Waals surface area (Å²) in [4.78, 5) is 26.7. The van der Waals surface area contributed by atoms with Crippen molar-refractivity contribution in [2.75, 3.05) is 6.61 Å². The summed E-state index contributed by atoms with van der Waals surface area (Å²) in [5.74, 6) is 11.4. The fraction of sp³-hybridized carbons (Fsp3) is 0.185. The minimum absolute atomic E-state index is 0.0437. The first-order valence-corrected chi connectivity index (χ1v) is 10.8. The van der Waals surface area contributed by atoms with Crippen molar-refractivity contribution >= 4 is 21.5 Å². The van der Waals surface area contributed by atoms with Crippen molar-refractivity contribution in [3.05, 3.63) is 92.8 Å². The summed E-state index contributed by atoms with van der Waals surface area (Å²) in [5, 5.41) is 23.4. The molecule has 0 saturated carbocycles. The SMILES string of the molecule is O=c1[nH]c(=O)n([C@H]2C[C@H](O)[C@@H](CO)O2)cc1C#CC#Cc1c2ccccc2cc2ccccc12. The molecular weight excluding hydrogens is 432 g/mol. The quantitative estimate of drug-likeness (QED) is 0.318. The normalized spacial score (nSPS) is 19.4. The first-order chi connectivity index (χ1) is 16.5. The fourth-order valence-corrected chi connectivity index (χ4v) is 4.18. The van der Waals surface area contributed by atoms with Gasteiger partial charge in [0, 0.05) is 18.2 Å². The van der Waals surface area contributed by atoms with Gasteiger partial charge in [0.05, 0.1) is 12.7 Å². The second-order valence-corrected chi connectivity index (χ2v) is 8.02. The van der Waals surface area contributed by atoms with E-state index in [9.17, 15) is 19.8 Å². The van der Waals surface area contributed by atoms with Crippen molar-refractivity contribution in [3.63, 3.8) is 0 Å². The molecule has 7 heteroatoms. The Morgan fingerprint density at radius 1 is 1.00 bits per heavy atom. The second-order valence-electron chi connectivity index (χ2n) is 8.02. The van der Waals surface area contributed by atoms with E-state index in [4.69, 9.17) is 4.74 Å². The molecule has 3 aromatic carbocycles. The van der Waals surface area contributed by atoms with Gasteiger partial charge in [-0.1, -0.05) is 54.5 Å². The van der Waals surface area contributed by atoms with Crippen molar-refractivity contribution in [1.29, 1.82) is 0 Å². The van der Waals surface area contributed by atoms with Crippen LogP contribution in [0.25, 0.3) is 21.5 Å². The number of nitrogens with one attached hydrogen (secondary N) is 1. The zero-order chi connectivity index (χ0) is 23.7. The lowest BCUT2D eigenvalue weighted by Gasteiger charge is -2.14. The number of aliphatic hydroxyl groups is 2. The lowest BCUT2D eigenvalue weighted by molar-refractivity contribution is -0.0459. The maximum absolute atomic E-state index is 12.3. The maximum Gasteiger partial charge on any atom is 0.330 e. The molecule has 3 atom stereocenters. The van der Waals surface area contributed by atoms with E-state index >= 15 is 0 Å². The van der Waals surface area contributed by atoms with Crippen LogP contribution in [0.4, 0.5) is 0 Å². The predicted molar refractivity (Wildman–Crippen MR) is 128 cm³/mol. The highest BCUT2D eigenvalue weighted by Gasteiger charge is 2.35. The van der Waals surface area contributed by atoms with Crippen molar-refractivity contribution in [2.24, 2.45) is 0 Å². The van der Waals surface area contributed by atoms with Gasteiger partial charge in [0.1, 0.15) is 17.9 Å². The molecule has 2 heterocycles. The van der Waals surface area contributed by atoms with Crippen LogP contribution >= 0.6 is 0 Å². The van der Waals surface area contributed by atoms with Gasteiger partial charge in [-0.15, -0.1) is 0 Å². The Balaban J connectivity index is 1.52. The van der Waals surface area contributed by atoms with E-state index in [1.54, 1.807) is 0 Å². The van der Waals surface area contributed by atoms with Crippen LogP contribution in [0, 0.1) is 23.7 Å². The zero-order valence-electron chi connectivity index (χ0n) is 18.0. The Kier molecular flexibility index (Phi) is 5.75. The Morgan fingerprint density at radius 3 is 2.29 bits per heavy atom. The van der Waals surface area contributed by atoms with E-state index in [-0.39, 0.29) is 18.6 Å². The highest BCUT2D eigenvalue weighted by molar-refractivity contribution is 6.04. The van der Waals surface area contributed by atoms with E-state index in [0.29, 0.717) is 0 Å². The first kappa shape index (κ1) is 21.7. The monoisotopic (exact) mass is 452 g/mol. The third-order valence-electron chi connectivity index (χ3n) is 5.88. The summed E-state index contributed by atoms with van der Waals surface area (Å²) < 4.78 is 6.68. The Hall–Kier alpha value is -4.14. The van der Waals surface area contributed by atoms with Crippen LogP contribution < -0.4 is 11.2 Å². The number of aromatic nitrogens is 2. The average Bonchev–Trinajstić information content (AvgIpc) is 3.22. The van der Waals surface area contributed by atoms with Crippen molar-refractivity contribution < 1.29 is 14.9 Å². The van der Waals surface area contributed by atoms with Crippen LogP contribution in [0.15, 0.2) is 70.4 Å². The van der Waals surface area contributed by atoms with E-state index in [0.717, 1.165) is 31.7 Å². The summed E-state index contributed by atoms with van der Waals surface area (Å²) >= 11 is 0. The molecule has 3 N–H and O–H groups in total. The lowest BCUT2D eigenvalue weighted by Crippen LogP contribution is -2.33. The molecule has 5 rings (SSSR count).